The van der Waals surface area contributed by atoms with Crippen LogP contribution in [0.25, 0.3) is 0 Å². The van der Waals surface area contributed by atoms with Crippen LogP contribution in [0.15, 0.2) is 12.2 Å². The van der Waals surface area contributed by atoms with E-state index in [0.717, 1.165) is 17.1 Å². The smallest absolute Gasteiger partial charge is 0.308 e. The Kier molecular flexibility index (Phi) is 3.82. The molecule has 0 spiro atoms. The molecule has 0 saturated carbocycles. The Morgan fingerprint density at radius 2 is 1.81 bits per heavy atom. The van der Waals surface area contributed by atoms with Gasteiger partial charge in [0.15, 0.2) is 0 Å². The minimum Gasteiger partial charge on any atom is -0.481 e. The van der Waals surface area contributed by atoms with E-state index in [4.69, 9.17) is 5.11 Å². The van der Waals surface area contributed by atoms with Crippen LogP contribution in [-0.4, -0.2) is 34.3 Å². The van der Waals surface area contributed by atoms with Crippen LogP contribution in [0.4, 0.5) is 0 Å². The average molecular weight is 225 g/mol. The molecular weight excluding hydrogens is 210 g/mol. The predicted octanol–water partition coefficient (Wildman–Crippen LogP) is 0.658. The maximum Gasteiger partial charge on any atom is 0.308 e. The van der Waals surface area contributed by atoms with Gasteiger partial charge in [-0.25, -0.2) is 0 Å². The molecular formula is C11H15NO4. The molecule has 0 aromatic carbocycles. The fourth-order valence-electron chi connectivity index (χ4n) is 1.65. The molecule has 0 bridgehead atoms. The molecule has 0 aromatic rings. The van der Waals surface area contributed by atoms with Crippen molar-refractivity contribution in [2.24, 2.45) is 11.8 Å². The lowest BCUT2D eigenvalue weighted by Crippen LogP contribution is -2.37. The Bertz CT molecular complexity index is 328. The Labute approximate surface area is 93.7 Å². The van der Waals surface area contributed by atoms with Gasteiger partial charge in [0.1, 0.15) is 0 Å². The fraction of sp³-hybridized carbons (Fsp3) is 0.545. The normalized spacial score (nSPS) is 17.3. The van der Waals surface area contributed by atoms with Crippen molar-refractivity contribution in [3.05, 3.63) is 12.2 Å². The standard InChI is InChI=1S/C11H15NO4/c1-7(2)5-8(11(15)16)6-12-9(13)3-4-10(12)14/h3-4,7-8H,5-6H2,1-2H3,(H,15,16). The summed E-state index contributed by atoms with van der Waals surface area (Å²) in [5, 5.41) is 8.99. The number of hydrogen-bond donors (Lipinski definition) is 1. The molecule has 5 heteroatoms. The SMILES string of the molecule is CC(C)CC(CN1C(=O)C=CC1=O)C(=O)O. The molecule has 1 rings (SSSR count). The third kappa shape index (κ3) is 2.92. The average Bonchev–Trinajstić information content (AvgIpc) is 2.47. The molecule has 1 unspecified atom stereocenters. The lowest BCUT2D eigenvalue weighted by atomic mass is 9.97. The Hall–Kier alpha value is -1.65. The molecule has 0 fully saturated rings. The van der Waals surface area contributed by atoms with Crippen molar-refractivity contribution >= 4 is 17.8 Å². The van der Waals surface area contributed by atoms with E-state index in [2.05, 4.69) is 0 Å². The van der Waals surface area contributed by atoms with Crippen LogP contribution in [0, 0.1) is 11.8 Å². The number of carbonyl (C=O) groups is 3. The summed E-state index contributed by atoms with van der Waals surface area (Å²) in [6.07, 6.45) is 2.78. The summed E-state index contributed by atoms with van der Waals surface area (Å²) in [7, 11) is 0. The molecule has 5 nitrogen and oxygen atoms in total. The van der Waals surface area contributed by atoms with Crippen molar-refractivity contribution in [3.8, 4) is 0 Å². The zero-order valence-electron chi connectivity index (χ0n) is 9.34. The topological polar surface area (TPSA) is 74.7 Å². The maximum absolute atomic E-state index is 11.3. The predicted molar refractivity (Wildman–Crippen MR) is 56.4 cm³/mol. The van der Waals surface area contributed by atoms with Gasteiger partial charge in [0, 0.05) is 18.7 Å². The summed E-state index contributed by atoms with van der Waals surface area (Å²) in [6.45, 7) is 3.77. The molecule has 0 radical (unpaired) electrons. The van der Waals surface area contributed by atoms with Crippen molar-refractivity contribution < 1.29 is 19.5 Å². The molecule has 1 atom stereocenters. The van der Waals surface area contributed by atoms with Gasteiger partial charge < -0.3 is 5.11 Å². The van der Waals surface area contributed by atoms with Gasteiger partial charge in [-0.2, -0.15) is 0 Å². The first kappa shape index (κ1) is 12.4. The maximum atomic E-state index is 11.3. The minimum atomic E-state index is -0.971. The molecule has 0 aromatic heterocycles. The van der Waals surface area contributed by atoms with Gasteiger partial charge in [0.2, 0.25) is 0 Å². The molecule has 0 saturated heterocycles. The molecule has 0 aliphatic carbocycles. The van der Waals surface area contributed by atoms with Crippen LogP contribution >= 0.6 is 0 Å². The summed E-state index contributed by atoms with van der Waals surface area (Å²) in [5.74, 6) is -2.31. The van der Waals surface area contributed by atoms with Crippen molar-refractivity contribution in [1.29, 1.82) is 0 Å². The summed E-state index contributed by atoms with van der Waals surface area (Å²) >= 11 is 0. The largest absolute Gasteiger partial charge is 0.481 e. The minimum absolute atomic E-state index is 0.0435. The van der Waals surface area contributed by atoms with Crippen molar-refractivity contribution in [3.63, 3.8) is 0 Å². The second kappa shape index (κ2) is 4.92. The third-order valence-electron chi connectivity index (χ3n) is 2.41. The van der Waals surface area contributed by atoms with Crippen molar-refractivity contribution in [2.45, 2.75) is 20.3 Å². The highest BCUT2D eigenvalue weighted by atomic mass is 16.4. The van der Waals surface area contributed by atoms with E-state index in [1.807, 2.05) is 13.8 Å². The first-order chi connectivity index (χ1) is 7.41. The van der Waals surface area contributed by atoms with Crippen LogP contribution in [0.3, 0.4) is 0 Å². The molecule has 1 aliphatic rings. The van der Waals surface area contributed by atoms with Crippen LogP contribution in [0.1, 0.15) is 20.3 Å². The second-order valence-electron chi connectivity index (χ2n) is 4.29. The van der Waals surface area contributed by atoms with E-state index < -0.39 is 23.7 Å². The van der Waals surface area contributed by atoms with Crippen LogP contribution in [0.2, 0.25) is 0 Å². The lowest BCUT2D eigenvalue weighted by Gasteiger charge is -2.20. The zero-order valence-corrected chi connectivity index (χ0v) is 9.34. The summed E-state index contributed by atoms with van der Waals surface area (Å²) < 4.78 is 0. The van der Waals surface area contributed by atoms with E-state index >= 15 is 0 Å². The molecule has 1 N–H and O–H groups in total. The summed E-state index contributed by atoms with van der Waals surface area (Å²) in [5.41, 5.74) is 0. The molecule has 1 heterocycles. The zero-order chi connectivity index (χ0) is 12.3. The number of imide groups is 1. The number of carbonyl (C=O) groups excluding carboxylic acids is 2. The Morgan fingerprint density at radius 3 is 2.19 bits per heavy atom. The van der Waals surface area contributed by atoms with Gasteiger partial charge in [0.25, 0.3) is 11.8 Å². The number of carboxylic acid groups (broad SMARTS) is 1. The first-order valence-corrected chi connectivity index (χ1v) is 5.18. The van der Waals surface area contributed by atoms with E-state index in [9.17, 15) is 14.4 Å². The summed E-state index contributed by atoms with van der Waals surface area (Å²) in [4.78, 5) is 34.4. The Morgan fingerprint density at radius 1 is 1.31 bits per heavy atom. The number of nitrogens with zero attached hydrogens (tertiary/aromatic N) is 1. The van der Waals surface area contributed by atoms with Gasteiger partial charge in [-0.15, -0.1) is 0 Å². The molecule has 16 heavy (non-hydrogen) atoms. The highest BCUT2D eigenvalue weighted by Gasteiger charge is 2.29. The fourth-order valence-corrected chi connectivity index (χ4v) is 1.65. The van der Waals surface area contributed by atoms with Crippen LogP contribution in [-0.2, 0) is 14.4 Å². The number of hydrogen-bond acceptors (Lipinski definition) is 3. The van der Waals surface area contributed by atoms with Crippen molar-refractivity contribution in [1.82, 2.24) is 4.90 Å². The van der Waals surface area contributed by atoms with E-state index in [0.29, 0.717) is 6.42 Å². The van der Waals surface area contributed by atoms with E-state index in [1.54, 1.807) is 0 Å². The third-order valence-corrected chi connectivity index (χ3v) is 2.41. The molecule has 88 valence electrons. The van der Waals surface area contributed by atoms with Gasteiger partial charge in [-0.05, 0) is 12.3 Å². The number of amides is 2. The van der Waals surface area contributed by atoms with Crippen LogP contribution < -0.4 is 0 Å². The quantitative estimate of drug-likeness (QED) is 0.697. The van der Waals surface area contributed by atoms with Gasteiger partial charge in [-0.3, -0.25) is 19.3 Å². The van der Waals surface area contributed by atoms with Gasteiger partial charge in [0.05, 0.1) is 5.92 Å². The lowest BCUT2D eigenvalue weighted by molar-refractivity contribution is -0.145. The number of aliphatic carboxylic acids is 1. The van der Waals surface area contributed by atoms with Gasteiger partial charge >= 0.3 is 5.97 Å². The number of rotatable bonds is 5. The Balaban J connectivity index is 2.65. The number of carboxylic acids is 1. The highest BCUT2D eigenvalue weighted by Crippen LogP contribution is 2.16. The second-order valence-corrected chi connectivity index (χ2v) is 4.29. The van der Waals surface area contributed by atoms with Crippen LogP contribution in [0.5, 0.6) is 0 Å². The monoisotopic (exact) mass is 225 g/mol. The van der Waals surface area contributed by atoms with E-state index in [1.165, 1.54) is 0 Å². The molecule has 1 aliphatic heterocycles. The summed E-state index contributed by atoms with van der Waals surface area (Å²) in [6, 6.07) is 0. The van der Waals surface area contributed by atoms with E-state index in [-0.39, 0.29) is 12.5 Å². The van der Waals surface area contributed by atoms with Gasteiger partial charge in [-0.1, -0.05) is 13.8 Å². The molecule has 2 amide bonds. The first-order valence-electron chi connectivity index (χ1n) is 5.18. The van der Waals surface area contributed by atoms with Crippen molar-refractivity contribution in [2.75, 3.05) is 6.54 Å². The highest BCUT2D eigenvalue weighted by molar-refractivity contribution is 6.13.